The van der Waals surface area contributed by atoms with Crippen LogP contribution in [-0.4, -0.2) is 42.0 Å². The van der Waals surface area contributed by atoms with Crippen LogP contribution in [0.5, 0.6) is 0 Å². The highest BCUT2D eigenvalue weighted by Crippen LogP contribution is 2.17. The molecule has 0 fully saturated rings. The minimum atomic E-state index is 0.588. The van der Waals surface area contributed by atoms with Crippen molar-refractivity contribution in [2.45, 2.75) is 13.3 Å². The van der Waals surface area contributed by atoms with Gasteiger partial charge in [-0.15, -0.1) is 11.6 Å². The van der Waals surface area contributed by atoms with Gasteiger partial charge in [-0.2, -0.15) is 4.37 Å². The number of rotatable bonds is 7. The molecule has 0 saturated heterocycles. The average Bonchev–Trinajstić information content (AvgIpc) is 2.72. The molecule has 0 saturated carbocycles. The summed E-state index contributed by atoms with van der Waals surface area (Å²) < 4.78 is 9.30. The molecular weight excluding hydrogens is 234 g/mol. The summed E-state index contributed by atoms with van der Waals surface area (Å²) in [6.45, 7) is 4.32. The fourth-order valence-corrected chi connectivity index (χ4v) is 2.13. The molecule has 0 aromatic carbocycles. The lowest BCUT2D eigenvalue weighted by molar-refractivity contribution is 0.205. The largest absolute Gasteiger partial charge is 0.383 e. The van der Waals surface area contributed by atoms with E-state index in [4.69, 9.17) is 16.3 Å². The van der Waals surface area contributed by atoms with Crippen LogP contribution in [0.2, 0.25) is 0 Å². The molecule has 4 nitrogen and oxygen atoms in total. The molecule has 0 aliphatic heterocycles. The summed E-state index contributed by atoms with van der Waals surface area (Å²) >= 11 is 7.16. The first-order valence-corrected chi connectivity index (χ1v) is 6.25. The smallest absolute Gasteiger partial charge is 0.205 e. The van der Waals surface area contributed by atoms with E-state index in [2.05, 4.69) is 14.3 Å². The van der Waals surface area contributed by atoms with Crippen molar-refractivity contribution in [3.63, 3.8) is 0 Å². The van der Waals surface area contributed by atoms with Gasteiger partial charge in [0, 0.05) is 44.0 Å². The number of aromatic nitrogens is 2. The number of methoxy groups -OCH3 is 1. The van der Waals surface area contributed by atoms with E-state index in [1.165, 1.54) is 11.5 Å². The Labute approximate surface area is 99.4 Å². The fraction of sp³-hybridized carbons (Fsp3) is 0.778. The number of hydrogen-bond donors (Lipinski definition) is 0. The van der Waals surface area contributed by atoms with Crippen LogP contribution in [0.25, 0.3) is 0 Å². The van der Waals surface area contributed by atoms with Gasteiger partial charge in [-0.3, -0.25) is 0 Å². The molecule has 86 valence electrons. The van der Waals surface area contributed by atoms with Crippen molar-refractivity contribution in [1.29, 1.82) is 0 Å². The first-order valence-electron chi connectivity index (χ1n) is 4.94. The van der Waals surface area contributed by atoms with Gasteiger partial charge in [0.05, 0.1) is 6.61 Å². The van der Waals surface area contributed by atoms with Crippen molar-refractivity contribution < 1.29 is 4.74 Å². The van der Waals surface area contributed by atoms with Gasteiger partial charge >= 0.3 is 0 Å². The van der Waals surface area contributed by atoms with Crippen LogP contribution >= 0.6 is 23.1 Å². The number of aryl methyl sites for hydroxylation is 1. The second-order valence-corrected chi connectivity index (χ2v) is 4.12. The molecule has 1 aromatic rings. The summed E-state index contributed by atoms with van der Waals surface area (Å²) in [6.07, 6.45) is 0.871. The topological polar surface area (TPSA) is 38.2 Å². The number of anilines is 1. The minimum Gasteiger partial charge on any atom is -0.383 e. The van der Waals surface area contributed by atoms with Crippen LogP contribution in [0, 0.1) is 0 Å². The zero-order valence-electron chi connectivity index (χ0n) is 9.07. The van der Waals surface area contributed by atoms with E-state index >= 15 is 0 Å². The molecule has 6 heteroatoms. The van der Waals surface area contributed by atoms with E-state index in [1.54, 1.807) is 7.11 Å². The Hall–Kier alpha value is -0.390. The average molecular weight is 250 g/mol. The highest BCUT2D eigenvalue weighted by Gasteiger charge is 2.10. The molecular formula is C9H16ClN3OS. The standard InChI is InChI=1S/C9H16ClN3OS/c1-3-8-11-9(15-12-8)13(5-4-10)6-7-14-2/h3-7H2,1-2H3. The van der Waals surface area contributed by atoms with Crippen LogP contribution in [0.1, 0.15) is 12.7 Å². The van der Waals surface area contributed by atoms with Gasteiger partial charge in [-0.1, -0.05) is 6.92 Å². The van der Waals surface area contributed by atoms with E-state index < -0.39 is 0 Å². The predicted octanol–water partition coefficient (Wildman–Crippen LogP) is 1.79. The molecule has 0 aliphatic rings. The molecule has 0 amide bonds. The Morgan fingerprint density at radius 2 is 2.27 bits per heavy atom. The summed E-state index contributed by atoms with van der Waals surface area (Å²) in [7, 11) is 1.69. The van der Waals surface area contributed by atoms with Crippen molar-refractivity contribution in [2.24, 2.45) is 0 Å². The Kier molecular flexibility index (Phi) is 5.90. The van der Waals surface area contributed by atoms with Gasteiger partial charge in [0.2, 0.25) is 5.13 Å². The molecule has 0 N–H and O–H groups in total. The lowest BCUT2D eigenvalue weighted by Gasteiger charge is -2.19. The van der Waals surface area contributed by atoms with Crippen LogP contribution < -0.4 is 4.90 Å². The number of alkyl halides is 1. The second kappa shape index (κ2) is 6.98. The zero-order valence-corrected chi connectivity index (χ0v) is 10.6. The van der Waals surface area contributed by atoms with E-state index in [9.17, 15) is 0 Å². The van der Waals surface area contributed by atoms with Gasteiger partial charge in [-0.25, -0.2) is 4.98 Å². The van der Waals surface area contributed by atoms with E-state index in [-0.39, 0.29) is 0 Å². The van der Waals surface area contributed by atoms with Crippen molar-refractivity contribution in [3.8, 4) is 0 Å². The number of nitrogens with zero attached hydrogens (tertiary/aromatic N) is 3. The third-order valence-electron chi connectivity index (χ3n) is 1.96. The molecule has 0 atom stereocenters. The molecule has 0 unspecified atom stereocenters. The highest BCUT2D eigenvalue weighted by molar-refractivity contribution is 7.09. The molecule has 0 bridgehead atoms. The SMILES string of the molecule is CCc1nsc(N(CCCl)CCOC)n1. The monoisotopic (exact) mass is 249 g/mol. The van der Waals surface area contributed by atoms with Crippen LogP contribution in [0.15, 0.2) is 0 Å². The van der Waals surface area contributed by atoms with Gasteiger partial charge in [0.15, 0.2) is 0 Å². The van der Waals surface area contributed by atoms with Crippen LogP contribution in [-0.2, 0) is 11.2 Å². The van der Waals surface area contributed by atoms with Crippen molar-refractivity contribution in [2.75, 3.05) is 37.6 Å². The summed E-state index contributed by atoms with van der Waals surface area (Å²) in [4.78, 5) is 6.52. The van der Waals surface area contributed by atoms with Crippen molar-refractivity contribution >= 4 is 28.3 Å². The number of ether oxygens (including phenoxy) is 1. The molecule has 1 heterocycles. The van der Waals surface area contributed by atoms with Crippen LogP contribution in [0.4, 0.5) is 5.13 Å². The Morgan fingerprint density at radius 3 is 2.80 bits per heavy atom. The summed E-state index contributed by atoms with van der Waals surface area (Å²) in [5, 5.41) is 0.935. The molecule has 1 rings (SSSR count). The van der Waals surface area contributed by atoms with E-state index in [0.29, 0.717) is 12.5 Å². The van der Waals surface area contributed by atoms with Crippen molar-refractivity contribution in [3.05, 3.63) is 5.82 Å². The first-order chi connectivity index (χ1) is 7.31. The van der Waals surface area contributed by atoms with Gasteiger partial charge < -0.3 is 9.64 Å². The summed E-state index contributed by atoms with van der Waals surface area (Å²) in [6, 6.07) is 0. The molecule has 0 radical (unpaired) electrons. The number of hydrogen-bond acceptors (Lipinski definition) is 5. The Bertz CT molecular complexity index is 282. The van der Waals surface area contributed by atoms with E-state index in [1.807, 2.05) is 6.92 Å². The summed E-state index contributed by atoms with van der Waals surface area (Å²) in [5.41, 5.74) is 0. The minimum absolute atomic E-state index is 0.588. The maximum absolute atomic E-state index is 5.74. The normalized spacial score (nSPS) is 10.6. The van der Waals surface area contributed by atoms with Crippen LogP contribution in [0.3, 0.4) is 0 Å². The van der Waals surface area contributed by atoms with Gasteiger partial charge in [0.1, 0.15) is 5.82 Å². The van der Waals surface area contributed by atoms with Gasteiger partial charge in [-0.05, 0) is 0 Å². The lowest BCUT2D eigenvalue weighted by Crippen LogP contribution is -2.29. The fourth-order valence-electron chi connectivity index (χ4n) is 1.12. The van der Waals surface area contributed by atoms with Gasteiger partial charge in [0.25, 0.3) is 0 Å². The first kappa shape index (κ1) is 12.7. The Balaban J connectivity index is 2.60. The molecule has 0 aliphatic carbocycles. The predicted molar refractivity (Wildman–Crippen MR) is 64.1 cm³/mol. The lowest BCUT2D eigenvalue weighted by atomic mass is 10.5. The second-order valence-electron chi connectivity index (χ2n) is 3.02. The molecule has 15 heavy (non-hydrogen) atoms. The third kappa shape index (κ3) is 3.93. The molecule has 1 aromatic heterocycles. The molecule has 0 spiro atoms. The third-order valence-corrected chi connectivity index (χ3v) is 2.95. The maximum atomic E-state index is 5.74. The zero-order chi connectivity index (χ0) is 11.1. The quantitative estimate of drug-likeness (QED) is 0.691. The Morgan fingerprint density at radius 1 is 1.47 bits per heavy atom. The number of halogens is 1. The van der Waals surface area contributed by atoms with E-state index in [0.717, 1.165) is 30.5 Å². The summed E-state index contributed by atoms with van der Waals surface area (Å²) in [5.74, 6) is 1.48. The highest BCUT2D eigenvalue weighted by atomic mass is 35.5. The van der Waals surface area contributed by atoms with Crippen molar-refractivity contribution in [1.82, 2.24) is 9.36 Å². The maximum Gasteiger partial charge on any atom is 0.205 e.